The average molecular weight is 456 g/mol. The first-order chi connectivity index (χ1) is 15.3. The Morgan fingerprint density at radius 3 is 1.84 bits per heavy atom. The van der Waals surface area contributed by atoms with E-state index in [1.165, 1.54) is 44.9 Å². The average Bonchev–Trinajstić information content (AvgIpc) is 2.80. The summed E-state index contributed by atoms with van der Waals surface area (Å²) in [6.07, 6.45) is 10.4. The maximum absolute atomic E-state index is 13.5. The van der Waals surface area contributed by atoms with Crippen molar-refractivity contribution in [2.75, 3.05) is 0 Å². The number of rotatable bonds is 3. The first-order valence-electron chi connectivity index (χ1n) is 11.2. The van der Waals surface area contributed by atoms with E-state index >= 15 is 0 Å². The van der Waals surface area contributed by atoms with Gasteiger partial charge < -0.3 is 10.4 Å². The van der Waals surface area contributed by atoms with Crippen LogP contribution in [0.2, 0.25) is 0 Å². The molecule has 0 bridgehead atoms. The highest BCUT2D eigenvalue weighted by Gasteiger charge is 2.29. The first-order valence-corrected chi connectivity index (χ1v) is 11.2. The monoisotopic (exact) mass is 455 g/mol. The van der Waals surface area contributed by atoms with Crippen LogP contribution in [0.4, 0.5) is 17.6 Å². The van der Waals surface area contributed by atoms with E-state index in [2.05, 4.69) is 12.2 Å². The van der Waals surface area contributed by atoms with Crippen LogP contribution < -0.4 is 5.32 Å². The third-order valence-corrected chi connectivity index (χ3v) is 5.16. The number of carbonyl (C=O) groups is 1. The van der Waals surface area contributed by atoms with Gasteiger partial charge in [0.1, 0.15) is 5.56 Å². The number of phenols is 1. The lowest BCUT2D eigenvalue weighted by molar-refractivity contribution is 0.0939. The van der Waals surface area contributed by atoms with Crippen LogP contribution in [0, 0.1) is 29.2 Å². The van der Waals surface area contributed by atoms with E-state index in [0.29, 0.717) is 5.56 Å². The molecular formula is C25H33F4NO2. The largest absolute Gasteiger partial charge is 0.503 e. The highest BCUT2D eigenvalue weighted by Crippen LogP contribution is 2.28. The third-order valence-electron chi connectivity index (χ3n) is 5.16. The summed E-state index contributed by atoms with van der Waals surface area (Å²) in [5, 5.41) is 11.0. The first kappa shape index (κ1) is 27.5. The van der Waals surface area contributed by atoms with Crippen LogP contribution in [0.15, 0.2) is 30.3 Å². The van der Waals surface area contributed by atoms with E-state index in [0.717, 1.165) is 5.92 Å². The zero-order chi connectivity index (χ0) is 24.1. The van der Waals surface area contributed by atoms with Crippen LogP contribution in [0.1, 0.15) is 81.6 Å². The number of nitrogens with one attached hydrogen (secondary N) is 1. The van der Waals surface area contributed by atoms with Gasteiger partial charge in [0.05, 0.1) is 0 Å². The van der Waals surface area contributed by atoms with Crippen LogP contribution in [-0.2, 0) is 6.54 Å². The maximum atomic E-state index is 13.5. The van der Waals surface area contributed by atoms with Crippen molar-refractivity contribution in [3.63, 3.8) is 0 Å². The van der Waals surface area contributed by atoms with Crippen molar-refractivity contribution in [2.45, 2.75) is 72.3 Å². The van der Waals surface area contributed by atoms with E-state index in [-0.39, 0.29) is 6.54 Å². The van der Waals surface area contributed by atoms with Crippen molar-refractivity contribution in [1.82, 2.24) is 5.32 Å². The van der Waals surface area contributed by atoms with E-state index in [1.54, 1.807) is 30.3 Å². The fraction of sp³-hybridized carbons (Fsp3) is 0.480. The number of hydrogen-bond acceptors (Lipinski definition) is 2. The SMILES string of the molecule is CC.CC1CCCCCCC1.O=C(NCc1ccccc1)c1c(F)c(F)c(O)c(F)c1F. The summed E-state index contributed by atoms with van der Waals surface area (Å²) in [6, 6.07) is 8.39. The van der Waals surface area contributed by atoms with E-state index in [9.17, 15) is 22.4 Å². The second kappa shape index (κ2) is 14.5. The Morgan fingerprint density at radius 1 is 0.875 bits per heavy atom. The van der Waals surface area contributed by atoms with Crippen molar-refractivity contribution in [2.24, 2.45) is 5.92 Å². The lowest BCUT2D eigenvalue weighted by atomic mass is 9.93. The number of hydrogen-bond donors (Lipinski definition) is 2. The molecule has 3 rings (SSSR count). The predicted octanol–water partition coefficient (Wildman–Crippen LogP) is 7.27. The highest BCUT2D eigenvalue weighted by molar-refractivity contribution is 5.95. The molecule has 7 heteroatoms. The predicted molar refractivity (Wildman–Crippen MR) is 118 cm³/mol. The summed E-state index contributed by atoms with van der Waals surface area (Å²) in [6.45, 7) is 6.31. The van der Waals surface area contributed by atoms with Crippen molar-refractivity contribution in [3.8, 4) is 5.75 Å². The minimum Gasteiger partial charge on any atom is -0.503 e. The number of benzene rings is 2. The van der Waals surface area contributed by atoms with Gasteiger partial charge >= 0.3 is 0 Å². The van der Waals surface area contributed by atoms with Crippen LogP contribution in [0.3, 0.4) is 0 Å². The van der Waals surface area contributed by atoms with Crippen LogP contribution in [0.25, 0.3) is 0 Å². The fourth-order valence-electron chi connectivity index (χ4n) is 3.35. The summed E-state index contributed by atoms with van der Waals surface area (Å²) in [5.41, 5.74) is -0.787. The van der Waals surface area contributed by atoms with Gasteiger partial charge in [-0.05, 0) is 11.5 Å². The van der Waals surface area contributed by atoms with Crippen molar-refractivity contribution < 1.29 is 27.5 Å². The van der Waals surface area contributed by atoms with Crippen molar-refractivity contribution >= 4 is 5.91 Å². The molecule has 0 spiro atoms. The van der Waals surface area contributed by atoms with Crippen LogP contribution in [0.5, 0.6) is 5.75 Å². The van der Waals surface area contributed by atoms with Gasteiger partial charge in [-0.15, -0.1) is 0 Å². The molecule has 0 aromatic heterocycles. The molecule has 0 unspecified atom stereocenters. The quantitative estimate of drug-likeness (QED) is 0.378. The Labute approximate surface area is 187 Å². The van der Waals surface area contributed by atoms with E-state index in [4.69, 9.17) is 5.11 Å². The minimum absolute atomic E-state index is 0.0807. The Bertz CT molecular complexity index is 807. The molecule has 0 atom stereocenters. The molecule has 2 aromatic rings. The molecule has 1 aliphatic rings. The standard InChI is InChI=1S/C14H9F4NO2.C9H18.C2H6/c15-9-8(10(16)12(18)13(20)11(9)17)14(21)19-6-7-4-2-1-3-5-7;1-9-7-5-3-2-4-6-8-9;1-2/h1-5,20H,6H2,(H,19,21);9H,2-8H2,1H3;1-2H3. The fourth-order valence-corrected chi connectivity index (χ4v) is 3.35. The van der Waals surface area contributed by atoms with Gasteiger partial charge in [0.15, 0.2) is 17.4 Å². The maximum Gasteiger partial charge on any atom is 0.257 e. The summed E-state index contributed by atoms with van der Waals surface area (Å²) in [5.74, 6) is -10.0. The summed E-state index contributed by atoms with van der Waals surface area (Å²) >= 11 is 0. The van der Waals surface area contributed by atoms with Crippen molar-refractivity contribution in [3.05, 3.63) is 64.7 Å². The molecule has 2 N–H and O–H groups in total. The van der Waals surface area contributed by atoms with Gasteiger partial charge in [0.2, 0.25) is 11.6 Å². The van der Waals surface area contributed by atoms with E-state index < -0.39 is 40.5 Å². The number of phenolic OH excluding ortho intramolecular Hbond substituents is 1. The summed E-state index contributed by atoms with van der Waals surface area (Å²) < 4.78 is 53.2. The van der Waals surface area contributed by atoms with Gasteiger partial charge in [-0.25, -0.2) is 8.78 Å². The third kappa shape index (κ3) is 8.17. The molecule has 2 aromatic carbocycles. The second-order valence-electron chi connectivity index (χ2n) is 7.60. The number of carbonyl (C=O) groups excluding carboxylic acids is 1. The molecule has 0 radical (unpaired) electrons. The molecule has 178 valence electrons. The Hall–Kier alpha value is -2.57. The lowest BCUT2D eigenvalue weighted by Crippen LogP contribution is -2.26. The molecule has 1 amide bonds. The number of halogens is 4. The second-order valence-corrected chi connectivity index (χ2v) is 7.60. The molecule has 0 heterocycles. The zero-order valence-electron chi connectivity index (χ0n) is 19.0. The molecular weight excluding hydrogens is 422 g/mol. The van der Waals surface area contributed by atoms with Crippen LogP contribution >= 0.6 is 0 Å². The van der Waals surface area contributed by atoms with Gasteiger partial charge in [-0.2, -0.15) is 8.78 Å². The number of amides is 1. The smallest absolute Gasteiger partial charge is 0.257 e. The summed E-state index contributed by atoms with van der Waals surface area (Å²) in [4.78, 5) is 11.7. The van der Waals surface area contributed by atoms with Crippen LogP contribution in [-0.4, -0.2) is 11.0 Å². The molecule has 1 saturated carbocycles. The molecule has 3 nitrogen and oxygen atoms in total. The molecule has 1 fully saturated rings. The number of aromatic hydroxyl groups is 1. The Morgan fingerprint density at radius 2 is 1.34 bits per heavy atom. The molecule has 32 heavy (non-hydrogen) atoms. The van der Waals surface area contributed by atoms with Gasteiger partial charge in [0.25, 0.3) is 5.91 Å². The minimum atomic E-state index is -2.02. The lowest BCUT2D eigenvalue weighted by Gasteiger charge is -2.13. The summed E-state index contributed by atoms with van der Waals surface area (Å²) in [7, 11) is 0. The van der Waals surface area contributed by atoms with Gasteiger partial charge in [0, 0.05) is 6.54 Å². The van der Waals surface area contributed by atoms with Crippen molar-refractivity contribution in [1.29, 1.82) is 0 Å². The molecule has 1 aliphatic carbocycles. The normalized spacial score (nSPS) is 14.1. The molecule has 0 saturated heterocycles. The van der Waals surface area contributed by atoms with Gasteiger partial charge in [-0.1, -0.05) is 96.0 Å². The highest BCUT2D eigenvalue weighted by atomic mass is 19.2. The zero-order valence-corrected chi connectivity index (χ0v) is 19.0. The molecule has 0 aliphatic heterocycles. The topological polar surface area (TPSA) is 49.3 Å². The Balaban J connectivity index is 0.000000388. The van der Waals surface area contributed by atoms with Gasteiger partial charge in [-0.3, -0.25) is 4.79 Å². The van der Waals surface area contributed by atoms with E-state index in [1.807, 2.05) is 13.8 Å². The Kier molecular flexibility index (Phi) is 12.4.